The summed E-state index contributed by atoms with van der Waals surface area (Å²) in [5.74, 6) is -0.986. The number of ether oxygens (including phenoxy) is 3. The minimum absolute atomic E-state index is 0.110. The topological polar surface area (TPSA) is 78.9 Å². The van der Waals surface area contributed by atoms with Crippen LogP contribution in [-0.4, -0.2) is 37.2 Å². The standard InChI is InChI=1S/C64H104O6/c1-4-7-10-13-16-19-22-25-28-31-32-34-36-39-42-45-48-51-54-57-63(66)69-60-61(59-68-62(65)56-53-50-47-44-41-38-35-30-27-24-21-18-15-12-9-6-3)70-64(67)58-55-52-49-46-43-40-37-33-29-26-23-20-17-14-11-8-5-2/h8,11,14,16-17,19-20,22-23,25-26,29-30,33,35,37-38,40-41,43,61H,4-7,9-10,12-13,15,18,21,24,27-28,31-32,34,36,39,42,44-60H2,1-3H3/b11-8-,17-14-,19-16-,23-20-,25-22-,29-26-,35-30-,37-33+,41-38-,43-40-. The summed E-state index contributed by atoms with van der Waals surface area (Å²) in [6.45, 7) is 6.40. The number of hydrogen-bond donors (Lipinski definition) is 0. The van der Waals surface area contributed by atoms with Gasteiger partial charge in [0, 0.05) is 19.3 Å². The van der Waals surface area contributed by atoms with Crippen molar-refractivity contribution in [2.24, 2.45) is 0 Å². The average molecular weight is 970 g/mol. The highest BCUT2D eigenvalue weighted by Crippen LogP contribution is 2.14. The Balaban J connectivity index is 4.52. The molecule has 396 valence electrons. The second-order valence-corrected chi connectivity index (χ2v) is 18.7. The van der Waals surface area contributed by atoms with Gasteiger partial charge in [-0.25, -0.2) is 0 Å². The van der Waals surface area contributed by atoms with E-state index >= 15 is 0 Å². The lowest BCUT2D eigenvalue weighted by atomic mass is 10.1. The summed E-state index contributed by atoms with van der Waals surface area (Å²) in [4.78, 5) is 38.2. The van der Waals surface area contributed by atoms with Gasteiger partial charge in [-0.3, -0.25) is 14.4 Å². The van der Waals surface area contributed by atoms with Crippen LogP contribution >= 0.6 is 0 Å². The largest absolute Gasteiger partial charge is 0.462 e. The molecule has 0 heterocycles. The monoisotopic (exact) mass is 969 g/mol. The van der Waals surface area contributed by atoms with Crippen LogP contribution in [0.15, 0.2) is 122 Å². The van der Waals surface area contributed by atoms with Crippen molar-refractivity contribution < 1.29 is 28.6 Å². The number of unbranched alkanes of at least 4 members (excludes halogenated alkanes) is 26. The molecule has 0 amide bonds. The van der Waals surface area contributed by atoms with E-state index in [9.17, 15) is 14.4 Å². The molecule has 1 unspecified atom stereocenters. The van der Waals surface area contributed by atoms with E-state index in [2.05, 4.69) is 81.5 Å². The maximum absolute atomic E-state index is 12.8. The van der Waals surface area contributed by atoms with Gasteiger partial charge in [0.25, 0.3) is 0 Å². The average Bonchev–Trinajstić information content (AvgIpc) is 3.36. The predicted octanol–water partition coefficient (Wildman–Crippen LogP) is 19.3. The fraction of sp³-hybridized carbons (Fsp3) is 0.641. The van der Waals surface area contributed by atoms with E-state index in [1.807, 2.05) is 60.8 Å². The van der Waals surface area contributed by atoms with Gasteiger partial charge in [0.15, 0.2) is 6.10 Å². The quantitative estimate of drug-likeness (QED) is 0.0262. The minimum Gasteiger partial charge on any atom is -0.462 e. The Hall–Kier alpha value is -4.19. The molecule has 0 fully saturated rings. The number of hydrogen-bond acceptors (Lipinski definition) is 6. The fourth-order valence-electron chi connectivity index (χ4n) is 7.57. The highest BCUT2D eigenvalue weighted by molar-refractivity contribution is 5.71. The van der Waals surface area contributed by atoms with Gasteiger partial charge in [0.1, 0.15) is 13.2 Å². The van der Waals surface area contributed by atoms with Crippen molar-refractivity contribution in [3.05, 3.63) is 122 Å². The smallest absolute Gasteiger partial charge is 0.306 e. The Labute approximate surface area is 431 Å². The number of carbonyl (C=O) groups excluding carboxylic acids is 3. The molecule has 0 rings (SSSR count). The Bertz CT molecular complexity index is 1490. The molecule has 0 aliphatic carbocycles. The fourth-order valence-corrected chi connectivity index (χ4v) is 7.57. The number of rotatable bonds is 50. The van der Waals surface area contributed by atoms with Crippen molar-refractivity contribution >= 4 is 17.9 Å². The van der Waals surface area contributed by atoms with Gasteiger partial charge in [-0.05, 0) is 89.9 Å². The van der Waals surface area contributed by atoms with E-state index in [-0.39, 0.29) is 37.5 Å². The lowest BCUT2D eigenvalue weighted by molar-refractivity contribution is -0.167. The van der Waals surface area contributed by atoms with Gasteiger partial charge in [-0.1, -0.05) is 258 Å². The summed E-state index contributed by atoms with van der Waals surface area (Å²) in [7, 11) is 0. The van der Waals surface area contributed by atoms with Crippen LogP contribution in [0.5, 0.6) is 0 Å². The molecule has 6 nitrogen and oxygen atoms in total. The molecule has 0 N–H and O–H groups in total. The summed E-state index contributed by atoms with van der Waals surface area (Å²) >= 11 is 0. The highest BCUT2D eigenvalue weighted by atomic mass is 16.6. The molecule has 0 aromatic carbocycles. The lowest BCUT2D eigenvalue weighted by Gasteiger charge is -2.18. The van der Waals surface area contributed by atoms with Crippen LogP contribution in [-0.2, 0) is 28.6 Å². The number of allylic oxidation sites excluding steroid dienone is 20. The van der Waals surface area contributed by atoms with Crippen molar-refractivity contribution in [1.29, 1.82) is 0 Å². The zero-order valence-corrected chi connectivity index (χ0v) is 45.2. The first-order valence-corrected chi connectivity index (χ1v) is 28.7. The van der Waals surface area contributed by atoms with Crippen molar-refractivity contribution in [3.63, 3.8) is 0 Å². The molecule has 0 spiro atoms. The highest BCUT2D eigenvalue weighted by Gasteiger charge is 2.19. The van der Waals surface area contributed by atoms with Crippen LogP contribution in [0.3, 0.4) is 0 Å². The zero-order chi connectivity index (χ0) is 50.7. The summed E-state index contributed by atoms with van der Waals surface area (Å²) < 4.78 is 16.8. The minimum atomic E-state index is -0.818. The molecule has 0 aliphatic heterocycles. The summed E-state index contributed by atoms with van der Waals surface area (Å²) in [6, 6.07) is 0. The Morgan fingerprint density at radius 2 is 0.557 bits per heavy atom. The van der Waals surface area contributed by atoms with E-state index in [4.69, 9.17) is 14.2 Å². The Kier molecular flexibility index (Phi) is 54.0. The van der Waals surface area contributed by atoms with Gasteiger partial charge in [0.2, 0.25) is 0 Å². The van der Waals surface area contributed by atoms with Crippen molar-refractivity contribution in [2.45, 2.75) is 252 Å². The first kappa shape index (κ1) is 65.8. The molecule has 0 radical (unpaired) electrons. The molecule has 0 aliphatic rings. The molecule has 0 aromatic rings. The second kappa shape index (κ2) is 57.4. The van der Waals surface area contributed by atoms with Gasteiger partial charge >= 0.3 is 17.9 Å². The van der Waals surface area contributed by atoms with E-state index in [0.29, 0.717) is 19.3 Å². The van der Waals surface area contributed by atoms with Gasteiger partial charge < -0.3 is 14.2 Å². The van der Waals surface area contributed by atoms with E-state index in [0.717, 1.165) is 77.0 Å². The maximum atomic E-state index is 12.8. The summed E-state index contributed by atoms with van der Waals surface area (Å²) in [5, 5.41) is 0. The van der Waals surface area contributed by atoms with Crippen LogP contribution in [0.4, 0.5) is 0 Å². The van der Waals surface area contributed by atoms with Crippen LogP contribution in [0.2, 0.25) is 0 Å². The molecule has 1 atom stereocenters. The lowest BCUT2D eigenvalue weighted by Crippen LogP contribution is -2.30. The summed E-state index contributed by atoms with van der Waals surface area (Å²) in [6.07, 6.45) is 79.0. The molecular formula is C64H104O6. The van der Waals surface area contributed by atoms with Crippen molar-refractivity contribution in [2.75, 3.05) is 13.2 Å². The molecule has 70 heavy (non-hydrogen) atoms. The first-order chi connectivity index (χ1) is 34.5. The SMILES string of the molecule is CC\C=C/C=C\C=C/C=C\C=C\C=C/CCCCCC(=O)OC(COC(=O)CCCCC/C=C\C=C/CCCCCCCCC)COC(=O)CCCCCCCCCCCC/C=C\C=C/CCCCC. The third-order valence-corrected chi connectivity index (χ3v) is 11.9. The number of esters is 3. The van der Waals surface area contributed by atoms with Crippen molar-refractivity contribution in [3.8, 4) is 0 Å². The zero-order valence-electron chi connectivity index (χ0n) is 45.2. The molecular weight excluding hydrogens is 865 g/mol. The number of carbonyl (C=O) groups is 3. The van der Waals surface area contributed by atoms with Crippen LogP contribution in [0.25, 0.3) is 0 Å². The normalized spacial score (nSPS) is 13.0. The molecule has 0 saturated carbocycles. The van der Waals surface area contributed by atoms with Gasteiger partial charge in [-0.15, -0.1) is 0 Å². The van der Waals surface area contributed by atoms with E-state index < -0.39 is 6.10 Å². The molecule has 0 bridgehead atoms. The maximum Gasteiger partial charge on any atom is 0.306 e. The molecule has 0 saturated heterocycles. The third-order valence-electron chi connectivity index (χ3n) is 11.9. The Morgan fingerprint density at radius 1 is 0.300 bits per heavy atom. The van der Waals surface area contributed by atoms with Crippen LogP contribution < -0.4 is 0 Å². The predicted molar refractivity (Wildman–Crippen MR) is 302 cm³/mol. The van der Waals surface area contributed by atoms with Crippen LogP contribution in [0, 0.1) is 0 Å². The molecule has 6 heteroatoms. The van der Waals surface area contributed by atoms with E-state index in [1.54, 1.807) is 0 Å². The third kappa shape index (κ3) is 54.7. The molecule has 0 aromatic heterocycles. The van der Waals surface area contributed by atoms with Crippen LogP contribution in [0.1, 0.15) is 245 Å². The first-order valence-electron chi connectivity index (χ1n) is 28.7. The van der Waals surface area contributed by atoms with Crippen molar-refractivity contribution in [1.82, 2.24) is 0 Å². The summed E-state index contributed by atoms with van der Waals surface area (Å²) in [5.41, 5.74) is 0. The van der Waals surface area contributed by atoms with Gasteiger partial charge in [-0.2, -0.15) is 0 Å². The van der Waals surface area contributed by atoms with Gasteiger partial charge in [0.05, 0.1) is 0 Å². The second-order valence-electron chi connectivity index (χ2n) is 18.7. The Morgan fingerprint density at radius 3 is 0.929 bits per heavy atom. The van der Waals surface area contributed by atoms with E-state index in [1.165, 1.54) is 122 Å².